The fourth-order valence-corrected chi connectivity index (χ4v) is 2.39. The van der Waals surface area contributed by atoms with Gasteiger partial charge in [0.05, 0.1) is 13.2 Å². The quantitative estimate of drug-likeness (QED) is 0.810. The molecule has 4 nitrogen and oxygen atoms in total. The highest BCUT2D eigenvalue weighted by atomic mass is 16.5. The molecule has 4 heteroatoms. The molecule has 0 fully saturated rings. The largest absolute Gasteiger partial charge is 0.497 e. The molecule has 1 aromatic heterocycles. The molecule has 0 spiro atoms. The second-order valence-electron chi connectivity index (χ2n) is 4.84. The number of hydrogen-bond donors (Lipinski definition) is 2. The molecule has 0 radical (unpaired) electrons. The third-order valence-corrected chi connectivity index (χ3v) is 3.59. The van der Waals surface area contributed by atoms with E-state index in [0.29, 0.717) is 6.04 Å². The van der Waals surface area contributed by atoms with Crippen molar-refractivity contribution in [2.75, 3.05) is 7.11 Å². The lowest BCUT2D eigenvalue weighted by Crippen LogP contribution is -2.26. The topological polar surface area (TPSA) is 49.9 Å². The molecule has 20 heavy (non-hydrogen) atoms. The summed E-state index contributed by atoms with van der Waals surface area (Å²) >= 11 is 0. The van der Waals surface area contributed by atoms with Gasteiger partial charge >= 0.3 is 0 Å². The highest BCUT2D eigenvalue weighted by Crippen LogP contribution is 2.24. The normalized spacial score (nSPS) is 13.9. The van der Waals surface area contributed by atoms with Gasteiger partial charge in [-0.1, -0.05) is 26.0 Å². The fourth-order valence-electron chi connectivity index (χ4n) is 2.39. The fraction of sp³-hybridized carbons (Fsp3) is 0.438. The van der Waals surface area contributed by atoms with Crippen LogP contribution in [0, 0.1) is 0 Å². The van der Waals surface area contributed by atoms with Crippen molar-refractivity contribution in [3.8, 4) is 5.75 Å². The first-order chi connectivity index (χ1) is 9.78. The molecule has 0 saturated heterocycles. The van der Waals surface area contributed by atoms with E-state index in [0.717, 1.165) is 24.4 Å². The molecule has 0 saturated carbocycles. The Balaban J connectivity index is 2.10. The smallest absolute Gasteiger partial charge is 0.123 e. The number of rotatable bonds is 7. The molecule has 1 heterocycles. The van der Waals surface area contributed by atoms with Crippen LogP contribution in [0.1, 0.15) is 50.2 Å². The van der Waals surface area contributed by atoms with Crippen molar-refractivity contribution in [3.63, 3.8) is 0 Å². The van der Waals surface area contributed by atoms with E-state index in [1.54, 1.807) is 13.3 Å². The third-order valence-electron chi connectivity index (χ3n) is 3.59. The minimum Gasteiger partial charge on any atom is -0.497 e. The first-order valence-electron chi connectivity index (χ1n) is 7.17. The van der Waals surface area contributed by atoms with Crippen LogP contribution < -0.4 is 10.1 Å². The Morgan fingerprint density at radius 2 is 1.85 bits per heavy atom. The molecule has 0 bridgehead atoms. The van der Waals surface area contributed by atoms with E-state index in [1.165, 1.54) is 5.56 Å². The van der Waals surface area contributed by atoms with Crippen molar-refractivity contribution in [3.05, 3.63) is 48.0 Å². The van der Waals surface area contributed by atoms with Gasteiger partial charge in [0.2, 0.25) is 0 Å². The Labute approximate surface area is 120 Å². The van der Waals surface area contributed by atoms with E-state index < -0.39 is 0 Å². The Kier molecular flexibility index (Phi) is 5.18. The van der Waals surface area contributed by atoms with E-state index in [2.05, 4.69) is 41.3 Å². The highest BCUT2D eigenvalue weighted by Gasteiger charge is 2.17. The standard InChI is InChI=1S/C16H23N3O/c1-4-14(12-6-8-13(20-3)9-7-12)19-15(5-2)16-17-10-11-18-16/h6-11,14-15,19H,4-5H2,1-3H3,(H,17,18). The van der Waals surface area contributed by atoms with E-state index >= 15 is 0 Å². The van der Waals surface area contributed by atoms with Gasteiger partial charge in [0, 0.05) is 18.4 Å². The van der Waals surface area contributed by atoms with Gasteiger partial charge < -0.3 is 15.0 Å². The summed E-state index contributed by atoms with van der Waals surface area (Å²) in [5.74, 6) is 1.89. The molecular formula is C16H23N3O. The number of methoxy groups -OCH3 is 1. The van der Waals surface area contributed by atoms with E-state index in [4.69, 9.17) is 4.74 Å². The van der Waals surface area contributed by atoms with Crippen molar-refractivity contribution in [1.29, 1.82) is 0 Å². The number of ether oxygens (including phenoxy) is 1. The van der Waals surface area contributed by atoms with Crippen LogP contribution in [0.15, 0.2) is 36.7 Å². The zero-order valence-electron chi connectivity index (χ0n) is 12.4. The average Bonchev–Trinajstić information content (AvgIpc) is 3.03. The number of aromatic nitrogens is 2. The average molecular weight is 273 g/mol. The molecule has 2 unspecified atom stereocenters. The maximum absolute atomic E-state index is 5.21. The Hall–Kier alpha value is -1.81. The molecule has 2 N–H and O–H groups in total. The minimum atomic E-state index is 0.247. The predicted molar refractivity (Wildman–Crippen MR) is 80.8 cm³/mol. The molecule has 2 rings (SSSR count). The van der Waals surface area contributed by atoms with Crippen molar-refractivity contribution in [1.82, 2.24) is 15.3 Å². The first-order valence-corrected chi connectivity index (χ1v) is 7.17. The number of nitrogens with one attached hydrogen (secondary N) is 2. The second-order valence-corrected chi connectivity index (χ2v) is 4.84. The summed E-state index contributed by atoms with van der Waals surface area (Å²) in [6, 6.07) is 8.82. The van der Waals surface area contributed by atoms with Crippen LogP contribution in [0.25, 0.3) is 0 Å². The Bertz CT molecular complexity index is 493. The summed E-state index contributed by atoms with van der Waals surface area (Å²) in [5, 5.41) is 3.68. The summed E-state index contributed by atoms with van der Waals surface area (Å²) in [7, 11) is 1.69. The summed E-state index contributed by atoms with van der Waals surface area (Å²) in [6.07, 6.45) is 5.70. The van der Waals surface area contributed by atoms with E-state index in [9.17, 15) is 0 Å². The van der Waals surface area contributed by atoms with Crippen LogP contribution in [-0.2, 0) is 0 Å². The Morgan fingerprint density at radius 1 is 1.15 bits per heavy atom. The lowest BCUT2D eigenvalue weighted by Gasteiger charge is -2.23. The number of H-pyrrole nitrogens is 1. The highest BCUT2D eigenvalue weighted by molar-refractivity contribution is 5.29. The number of aromatic amines is 1. The van der Waals surface area contributed by atoms with Crippen LogP contribution in [0.5, 0.6) is 5.75 Å². The lowest BCUT2D eigenvalue weighted by molar-refractivity contribution is 0.407. The van der Waals surface area contributed by atoms with Gasteiger partial charge in [0.25, 0.3) is 0 Å². The Morgan fingerprint density at radius 3 is 2.35 bits per heavy atom. The van der Waals surface area contributed by atoms with Crippen molar-refractivity contribution in [2.24, 2.45) is 0 Å². The summed E-state index contributed by atoms with van der Waals surface area (Å²) < 4.78 is 5.21. The van der Waals surface area contributed by atoms with Gasteiger partial charge in [-0.2, -0.15) is 0 Å². The SMILES string of the molecule is CCC(NC(CC)c1ncc[nH]1)c1ccc(OC)cc1. The molecular weight excluding hydrogens is 250 g/mol. The van der Waals surface area contributed by atoms with E-state index in [-0.39, 0.29) is 6.04 Å². The van der Waals surface area contributed by atoms with Crippen LogP contribution >= 0.6 is 0 Å². The summed E-state index contributed by atoms with van der Waals surface area (Å²) in [5.41, 5.74) is 1.28. The zero-order chi connectivity index (χ0) is 14.4. The molecule has 0 aliphatic heterocycles. The number of hydrogen-bond acceptors (Lipinski definition) is 3. The summed E-state index contributed by atoms with van der Waals surface area (Å²) in [4.78, 5) is 7.55. The molecule has 0 amide bonds. The maximum atomic E-state index is 5.21. The van der Waals surface area contributed by atoms with Crippen molar-refractivity contribution >= 4 is 0 Å². The molecule has 0 aliphatic carbocycles. The van der Waals surface area contributed by atoms with Gasteiger partial charge in [0.15, 0.2) is 0 Å². The molecule has 2 aromatic rings. The van der Waals surface area contributed by atoms with Crippen LogP contribution in [0.4, 0.5) is 0 Å². The van der Waals surface area contributed by atoms with Gasteiger partial charge in [-0.15, -0.1) is 0 Å². The minimum absolute atomic E-state index is 0.247. The molecule has 0 aliphatic rings. The first kappa shape index (κ1) is 14.6. The second kappa shape index (κ2) is 7.10. The van der Waals surface area contributed by atoms with Crippen LogP contribution in [0.3, 0.4) is 0 Å². The monoisotopic (exact) mass is 273 g/mol. The van der Waals surface area contributed by atoms with Crippen molar-refractivity contribution in [2.45, 2.75) is 38.8 Å². The predicted octanol–water partition coefficient (Wildman–Crippen LogP) is 3.61. The molecule has 1 aromatic carbocycles. The maximum Gasteiger partial charge on any atom is 0.123 e. The summed E-state index contributed by atoms with van der Waals surface area (Å²) in [6.45, 7) is 4.36. The number of imidazole rings is 1. The zero-order valence-corrected chi connectivity index (χ0v) is 12.4. The van der Waals surface area contributed by atoms with Gasteiger partial charge in [-0.3, -0.25) is 0 Å². The van der Waals surface area contributed by atoms with Gasteiger partial charge in [-0.25, -0.2) is 4.98 Å². The number of nitrogens with zero attached hydrogens (tertiary/aromatic N) is 1. The number of benzene rings is 1. The lowest BCUT2D eigenvalue weighted by atomic mass is 10.0. The van der Waals surface area contributed by atoms with Crippen LogP contribution in [-0.4, -0.2) is 17.1 Å². The van der Waals surface area contributed by atoms with Gasteiger partial charge in [-0.05, 0) is 30.5 Å². The van der Waals surface area contributed by atoms with E-state index in [1.807, 2.05) is 18.3 Å². The molecule has 108 valence electrons. The van der Waals surface area contributed by atoms with Gasteiger partial charge in [0.1, 0.15) is 11.6 Å². The molecule has 2 atom stereocenters. The third kappa shape index (κ3) is 3.39. The van der Waals surface area contributed by atoms with Crippen LogP contribution in [0.2, 0.25) is 0 Å². The van der Waals surface area contributed by atoms with Crippen molar-refractivity contribution < 1.29 is 4.74 Å².